The molecular formula is C13H9ClIN3O3. The van der Waals surface area contributed by atoms with E-state index in [1.165, 1.54) is 18.3 Å². The van der Waals surface area contributed by atoms with E-state index in [1.807, 2.05) is 0 Å². The molecule has 0 unspecified atom stereocenters. The molecule has 0 aliphatic rings. The highest BCUT2D eigenvalue weighted by molar-refractivity contribution is 14.1. The molecule has 2 amide bonds. The van der Waals surface area contributed by atoms with E-state index in [-0.39, 0.29) is 11.4 Å². The van der Waals surface area contributed by atoms with Gasteiger partial charge in [-0.05, 0) is 52.9 Å². The Bertz CT molecular complexity index is 709. The molecule has 8 heteroatoms. The summed E-state index contributed by atoms with van der Waals surface area (Å²) < 4.78 is 0.934. The van der Waals surface area contributed by atoms with Crippen molar-refractivity contribution in [3.05, 3.63) is 50.8 Å². The molecule has 2 aromatic rings. The third kappa shape index (κ3) is 4.05. The zero-order valence-electron chi connectivity index (χ0n) is 10.4. The normalized spacial score (nSPS) is 10.0. The van der Waals surface area contributed by atoms with Crippen LogP contribution in [-0.4, -0.2) is 22.1 Å². The number of aromatic carboxylic acids is 1. The fraction of sp³-hybridized carbons (Fsp3) is 0. The molecule has 0 saturated heterocycles. The van der Waals surface area contributed by atoms with Gasteiger partial charge in [-0.2, -0.15) is 0 Å². The van der Waals surface area contributed by atoms with Gasteiger partial charge in [0.25, 0.3) is 0 Å². The highest BCUT2D eigenvalue weighted by Gasteiger charge is 2.14. The summed E-state index contributed by atoms with van der Waals surface area (Å²) >= 11 is 8.10. The lowest BCUT2D eigenvalue weighted by Crippen LogP contribution is -2.21. The molecule has 0 spiro atoms. The monoisotopic (exact) mass is 417 g/mol. The number of aromatic nitrogens is 1. The molecule has 6 nitrogen and oxygen atoms in total. The quantitative estimate of drug-likeness (QED) is 0.665. The molecule has 0 aliphatic carbocycles. The number of hydrogen-bond acceptors (Lipinski definition) is 3. The molecule has 0 atom stereocenters. The summed E-state index contributed by atoms with van der Waals surface area (Å²) in [6.07, 6.45) is 1.34. The van der Waals surface area contributed by atoms with Crippen molar-refractivity contribution in [3.63, 3.8) is 0 Å². The molecule has 108 valence electrons. The van der Waals surface area contributed by atoms with E-state index >= 15 is 0 Å². The first-order valence-electron chi connectivity index (χ1n) is 5.69. The number of benzene rings is 1. The second-order valence-corrected chi connectivity index (χ2v) is 5.56. The summed E-state index contributed by atoms with van der Waals surface area (Å²) in [7, 11) is 0. The predicted molar refractivity (Wildman–Crippen MR) is 88.0 cm³/mol. The Kier molecular flexibility index (Phi) is 4.97. The maximum atomic E-state index is 11.9. The number of hydrogen-bond donors (Lipinski definition) is 3. The van der Waals surface area contributed by atoms with Crippen LogP contribution in [0.1, 0.15) is 10.5 Å². The first kappa shape index (κ1) is 15.5. The molecule has 0 fully saturated rings. The number of carboxylic acids is 1. The highest BCUT2D eigenvalue weighted by atomic mass is 127. The van der Waals surface area contributed by atoms with Crippen LogP contribution in [0.2, 0.25) is 5.02 Å². The van der Waals surface area contributed by atoms with Crippen molar-refractivity contribution in [2.24, 2.45) is 0 Å². The number of nitrogens with zero attached hydrogens (tertiary/aromatic N) is 1. The first-order valence-corrected chi connectivity index (χ1v) is 7.14. The first-order chi connectivity index (χ1) is 9.97. The van der Waals surface area contributed by atoms with Crippen LogP contribution in [0.3, 0.4) is 0 Å². The van der Waals surface area contributed by atoms with Gasteiger partial charge in [0.15, 0.2) is 5.69 Å². The Morgan fingerprint density at radius 3 is 2.57 bits per heavy atom. The Labute approximate surface area is 138 Å². The lowest BCUT2D eigenvalue weighted by atomic mass is 10.3. The minimum atomic E-state index is -1.22. The van der Waals surface area contributed by atoms with Crippen molar-refractivity contribution in [3.8, 4) is 0 Å². The van der Waals surface area contributed by atoms with Gasteiger partial charge in [-0.25, -0.2) is 14.6 Å². The van der Waals surface area contributed by atoms with Gasteiger partial charge in [-0.15, -0.1) is 0 Å². The van der Waals surface area contributed by atoms with Crippen molar-refractivity contribution in [2.75, 3.05) is 10.6 Å². The number of amides is 2. The second-order valence-electron chi connectivity index (χ2n) is 3.91. The number of nitrogens with one attached hydrogen (secondary N) is 2. The number of pyridine rings is 1. The highest BCUT2D eigenvalue weighted by Crippen LogP contribution is 2.24. The van der Waals surface area contributed by atoms with Crippen LogP contribution in [0.5, 0.6) is 0 Å². The SMILES string of the molecule is O=C(Nc1ccc(I)cc1Cl)Nc1cccnc1C(=O)O. The second kappa shape index (κ2) is 6.72. The number of halogens is 2. The number of carbonyl (C=O) groups is 2. The van der Waals surface area contributed by atoms with Crippen LogP contribution >= 0.6 is 34.2 Å². The van der Waals surface area contributed by atoms with Crippen LogP contribution in [0, 0.1) is 3.57 Å². The maximum absolute atomic E-state index is 11.9. The van der Waals surface area contributed by atoms with Gasteiger partial charge in [0.05, 0.1) is 16.4 Å². The average molecular weight is 418 g/mol. The zero-order chi connectivity index (χ0) is 15.4. The van der Waals surface area contributed by atoms with E-state index in [9.17, 15) is 9.59 Å². The van der Waals surface area contributed by atoms with Gasteiger partial charge in [0.1, 0.15) is 0 Å². The summed E-state index contributed by atoms with van der Waals surface area (Å²) in [5.41, 5.74) is 0.292. The summed E-state index contributed by atoms with van der Waals surface area (Å²) in [5.74, 6) is -1.22. The van der Waals surface area contributed by atoms with Gasteiger partial charge >= 0.3 is 12.0 Å². The van der Waals surface area contributed by atoms with Crippen molar-refractivity contribution >= 4 is 57.6 Å². The smallest absolute Gasteiger partial charge is 0.356 e. The van der Waals surface area contributed by atoms with Gasteiger partial charge in [-0.1, -0.05) is 11.6 Å². The molecular weight excluding hydrogens is 409 g/mol. The fourth-order valence-corrected chi connectivity index (χ4v) is 2.45. The summed E-state index contributed by atoms with van der Waals surface area (Å²) in [6.45, 7) is 0. The molecule has 1 aromatic carbocycles. The topological polar surface area (TPSA) is 91.3 Å². The van der Waals surface area contributed by atoms with Crippen molar-refractivity contribution < 1.29 is 14.7 Å². The molecule has 0 saturated carbocycles. The molecule has 21 heavy (non-hydrogen) atoms. The Morgan fingerprint density at radius 2 is 1.90 bits per heavy atom. The third-order valence-corrected chi connectivity index (χ3v) is 3.42. The number of carboxylic acid groups (broad SMARTS) is 1. The van der Waals surface area contributed by atoms with Crippen molar-refractivity contribution in [1.82, 2.24) is 4.98 Å². The number of carbonyl (C=O) groups excluding carboxylic acids is 1. The molecule has 3 N–H and O–H groups in total. The Hall–Kier alpha value is -1.87. The standard InChI is InChI=1S/C13H9ClIN3O3/c14-8-6-7(15)3-4-9(8)17-13(21)18-10-2-1-5-16-11(10)12(19)20/h1-6H,(H,19,20)(H2,17,18,21). The number of anilines is 2. The average Bonchev–Trinajstić information content (AvgIpc) is 2.42. The molecule has 0 radical (unpaired) electrons. The molecule has 1 aromatic heterocycles. The lowest BCUT2D eigenvalue weighted by molar-refractivity contribution is 0.0692. The maximum Gasteiger partial charge on any atom is 0.356 e. The fourth-order valence-electron chi connectivity index (χ4n) is 1.54. The van der Waals surface area contributed by atoms with E-state index in [0.29, 0.717) is 10.7 Å². The predicted octanol–water partition coefficient (Wildman–Crippen LogP) is 3.68. The van der Waals surface area contributed by atoms with Gasteiger partial charge in [-0.3, -0.25) is 0 Å². The van der Waals surface area contributed by atoms with E-state index < -0.39 is 12.0 Å². The summed E-state index contributed by atoms with van der Waals surface area (Å²) in [4.78, 5) is 26.6. The zero-order valence-corrected chi connectivity index (χ0v) is 13.3. The van der Waals surface area contributed by atoms with Gasteiger partial charge in [0, 0.05) is 9.77 Å². The number of urea groups is 1. The third-order valence-electron chi connectivity index (χ3n) is 2.44. The Morgan fingerprint density at radius 1 is 1.19 bits per heavy atom. The van der Waals surface area contributed by atoms with Crippen LogP contribution in [0.25, 0.3) is 0 Å². The van der Waals surface area contributed by atoms with E-state index in [0.717, 1.165) is 3.57 Å². The molecule has 1 heterocycles. The minimum Gasteiger partial charge on any atom is -0.476 e. The van der Waals surface area contributed by atoms with Crippen molar-refractivity contribution in [1.29, 1.82) is 0 Å². The van der Waals surface area contributed by atoms with Gasteiger partial charge in [0.2, 0.25) is 0 Å². The largest absolute Gasteiger partial charge is 0.476 e. The van der Waals surface area contributed by atoms with Crippen LogP contribution < -0.4 is 10.6 Å². The summed E-state index contributed by atoms with van der Waals surface area (Å²) in [6, 6.07) is 7.52. The van der Waals surface area contributed by atoms with E-state index in [4.69, 9.17) is 16.7 Å². The molecule has 0 bridgehead atoms. The minimum absolute atomic E-state index is 0.101. The lowest BCUT2D eigenvalue weighted by Gasteiger charge is -2.10. The van der Waals surface area contributed by atoms with Crippen LogP contribution in [0.15, 0.2) is 36.5 Å². The van der Waals surface area contributed by atoms with Crippen LogP contribution in [-0.2, 0) is 0 Å². The summed E-state index contributed by atoms with van der Waals surface area (Å²) in [5, 5.41) is 14.4. The van der Waals surface area contributed by atoms with E-state index in [2.05, 4.69) is 38.2 Å². The number of rotatable bonds is 3. The Balaban J connectivity index is 2.14. The van der Waals surface area contributed by atoms with Crippen LogP contribution in [0.4, 0.5) is 16.2 Å². The van der Waals surface area contributed by atoms with Gasteiger partial charge < -0.3 is 15.7 Å². The van der Waals surface area contributed by atoms with Crippen molar-refractivity contribution in [2.45, 2.75) is 0 Å². The van der Waals surface area contributed by atoms with E-state index in [1.54, 1.807) is 18.2 Å². The molecule has 0 aliphatic heterocycles. The molecule has 2 rings (SSSR count).